The Morgan fingerprint density at radius 2 is 1.73 bits per heavy atom. The van der Waals surface area contributed by atoms with Crippen LogP contribution < -0.4 is 18.9 Å². The van der Waals surface area contributed by atoms with Gasteiger partial charge < -0.3 is 33.7 Å². The Labute approximate surface area is 232 Å². The highest BCUT2D eigenvalue weighted by molar-refractivity contribution is 6.46. The molecule has 3 aromatic carbocycles. The second-order valence-corrected chi connectivity index (χ2v) is 9.38. The smallest absolute Gasteiger partial charge is 0.295 e. The summed E-state index contributed by atoms with van der Waals surface area (Å²) in [5.41, 5.74) is 1.93. The van der Waals surface area contributed by atoms with Crippen molar-refractivity contribution < 1.29 is 38.4 Å². The fourth-order valence-electron chi connectivity index (χ4n) is 4.89. The minimum atomic E-state index is -0.845. The fourth-order valence-corrected chi connectivity index (χ4v) is 4.89. The average Bonchev–Trinajstić information content (AvgIpc) is 3.25. The molecule has 40 heavy (non-hydrogen) atoms. The quantitative estimate of drug-likeness (QED) is 0.172. The molecule has 2 aliphatic rings. The van der Waals surface area contributed by atoms with Crippen molar-refractivity contribution in [3.63, 3.8) is 0 Å². The highest BCUT2D eigenvalue weighted by Crippen LogP contribution is 2.43. The summed E-state index contributed by atoms with van der Waals surface area (Å²) in [6.07, 6.45) is 0.513. The van der Waals surface area contributed by atoms with Crippen molar-refractivity contribution in [1.82, 2.24) is 4.90 Å². The van der Waals surface area contributed by atoms with Crippen LogP contribution in [0.4, 0.5) is 0 Å². The molecule has 1 saturated heterocycles. The third-order valence-electron chi connectivity index (χ3n) is 6.84. The Balaban J connectivity index is 1.53. The third-order valence-corrected chi connectivity index (χ3v) is 6.84. The van der Waals surface area contributed by atoms with E-state index < -0.39 is 17.7 Å². The Morgan fingerprint density at radius 1 is 0.950 bits per heavy atom. The van der Waals surface area contributed by atoms with E-state index in [2.05, 4.69) is 0 Å². The van der Waals surface area contributed by atoms with Gasteiger partial charge in [0.1, 0.15) is 25.6 Å². The van der Waals surface area contributed by atoms with E-state index in [1.54, 1.807) is 43.5 Å². The Hall–Kier alpha value is -4.50. The van der Waals surface area contributed by atoms with Crippen molar-refractivity contribution in [1.29, 1.82) is 0 Å². The van der Waals surface area contributed by atoms with Crippen LogP contribution in [0.1, 0.15) is 29.2 Å². The first-order chi connectivity index (χ1) is 19.5. The number of fused-ring (bicyclic) bond motifs is 1. The predicted octanol–water partition coefficient (Wildman–Crippen LogP) is 4.50. The second kappa shape index (κ2) is 12.1. The number of ether oxygens (including phenoxy) is 5. The lowest BCUT2D eigenvalue weighted by atomic mass is 9.94. The molecule has 0 radical (unpaired) electrons. The maximum atomic E-state index is 13.4. The molecule has 0 saturated carbocycles. The summed E-state index contributed by atoms with van der Waals surface area (Å²) in [5.74, 6) is 0.214. The van der Waals surface area contributed by atoms with Gasteiger partial charge in [0, 0.05) is 25.8 Å². The van der Waals surface area contributed by atoms with Crippen molar-refractivity contribution in [2.24, 2.45) is 0 Å². The van der Waals surface area contributed by atoms with Gasteiger partial charge in [0.2, 0.25) is 0 Å². The number of carbonyl (C=O) groups is 2. The summed E-state index contributed by atoms with van der Waals surface area (Å²) in [6, 6.07) is 19.1. The molecule has 0 spiro atoms. The van der Waals surface area contributed by atoms with E-state index in [0.29, 0.717) is 67.0 Å². The number of aliphatic hydroxyl groups excluding tert-OH is 1. The van der Waals surface area contributed by atoms with Crippen LogP contribution in [0.2, 0.25) is 0 Å². The predicted molar refractivity (Wildman–Crippen MR) is 147 cm³/mol. The highest BCUT2D eigenvalue weighted by atomic mass is 16.6. The molecule has 9 heteroatoms. The monoisotopic (exact) mass is 545 g/mol. The lowest BCUT2D eigenvalue weighted by molar-refractivity contribution is -0.140. The molecule has 3 aromatic rings. The van der Waals surface area contributed by atoms with E-state index in [-0.39, 0.29) is 17.9 Å². The van der Waals surface area contributed by atoms with E-state index in [9.17, 15) is 14.7 Å². The second-order valence-electron chi connectivity index (χ2n) is 9.38. The van der Waals surface area contributed by atoms with E-state index in [1.807, 2.05) is 30.3 Å². The molecule has 0 aliphatic carbocycles. The molecule has 0 aromatic heterocycles. The number of aliphatic hydroxyl groups is 1. The minimum absolute atomic E-state index is 0.0147. The maximum absolute atomic E-state index is 13.4. The molecule has 1 N–H and O–H groups in total. The van der Waals surface area contributed by atoms with Crippen LogP contribution in [-0.2, 0) is 20.9 Å². The largest absolute Gasteiger partial charge is 0.507 e. The number of rotatable bonds is 10. The van der Waals surface area contributed by atoms with Crippen molar-refractivity contribution in [2.75, 3.05) is 40.6 Å². The summed E-state index contributed by atoms with van der Waals surface area (Å²) >= 11 is 0. The number of methoxy groups -OCH3 is 2. The van der Waals surface area contributed by atoms with Gasteiger partial charge in [0.25, 0.3) is 11.7 Å². The molecule has 2 aliphatic heterocycles. The van der Waals surface area contributed by atoms with Crippen LogP contribution in [0, 0.1) is 0 Å². The molecule has 208 valence electrons. The fraction of sp³-hybridized carbons (Fsp3) is 0.290. The summed E-state index contributed by atoms with van der Waals surface area (Å²) < 4.78 is 28.0. The molecule has 9 nitrogen and oxygen atoms in total. The van der Waals surface area contributed by atoms with Gasteiger partial charge in [-0.1, -0.05) is 36.4 Å². The van der Waals surface area contributed by atoms with Crippen LogP contribution >= 0.6 is 0 Å². The van der Waals surface area contributed by atoms with Gasteiger partial charge in [-0.2, -0.15) is 0 Å². The topological polar surface area (TPSA) is 104 Å². The zero-order valence-corrected chi connectivity index (χ0v) is 22.4. The van der Waals surface area contributed by atoms with Crippen LogP contribution in [0.25, 0.3) is 5.76 Å². The zero-order valence-electron chi connectivity index (χ0n) is 22.4. The molecule has 1 fully saturated rings. The van der Waals surface area contributed by atoms with Crippen LogP contribution in [0.3, 0.4) is 0 Å². The van der Waals surface area contributed by atoms with Gasteiger partial charge in [-0.15, -0.1) is 0 Å². The summed E-state index contributed by atoms with van der Waals surface area (Å²) in [6.45, 7) is 1.82. The summed E-state index contributed by atoms with van der Waals surface area (Å²) in [5, 5.41) is 11.4. The van der Waals surface area contributed by atoms with E-state index in [4.69, 9.17) is 23.7 Å². The first kappa shape index (κ1) is 27.1. The van der Waals surface area contributed by atoms with Crippen LogP contribution in [-0.4, -0.2) is 62.3 Å². The minimum Gasteiger partial charge on any atom is -0.507 e. The number of likely N-dealkylation sites (tertiary alicyclic amines) is 1. The molecular formula is C31H31NO8. The number of nitrogens with zero attached hydrogens (tertiary/aromatic N) is 1. The molecule has 5 rings (SSSR count). The first-order valence-electron chi connectivity index (χ1n) is 13.0. The lowest BCUT2D eigenvalue weighted by Gasteiger charge is -2.26. The van der Waals surface area contributed by atoms with Crippen molar-refractivity contribution in [3.8, 4) is 23.0 Å². The van der Waals surface area contributed by atoms with Crippen LogP contribution in [0.15, 0.2) is 72.3 Å². The maximum Gasteiger partial charge on any atom is 0.295 e. The van der Waals surface area contributed by atoms with Crippen LogP contribution in [0.5, 0.6) is 23.0 Å². The molecule has 1 amide bonds. The Bertz CT molecular complexity index is 1420. The third kappa shape index (κ3) is 5.46. The van der Waals surface area contributed by atoms with Crippen molar-refractivity contribution >= 4 is 17.4 Å². The van der Waals surface area contributed by atoms with Gasteiger partial charge in [0.15, 0.2) is 23.0 Å². The number of Topliss-reactive ketones (excluding diaryl/α,β-unsaturated/α-hetero) is 1. The standard InChI is InChI=1S/C31H31NO8/c1-36-14-6-13-32-28(21-9-11-23(25(17-21)37-2)40-19-20-7-4-3-5-8-20)27(30(34)31(32)35)29(33)22-10-12-24-26(18-22)39-16-15-38-24/h3-5,7-12,17-18,28,33H,6,13-16,19H2,1-2H3/b29-27-. The Kier molecular flexibility index (Phi) is 8.21. The molecule has 1 unspecified atom stereocenters. The zero-order chi connectivity index (χ0) is 28.1. The number of hydrogen-bond donors (Lipinski definition) is 1. The SMILES string of the molecule is COCCCN1C(=O)C(=O)/C(=C(\O)c2ccc3c(c2)OCCO3)C1c1ccc(OCc2ccccc2)c(OC)c1. The number of ketones is 1. The Morgan fingerprint density at radius 3 is 2.48 bits per heavy atom. The van der Waals surface area contributed by atoms with Gasteiger partial charge in [-0.3, -0.25) is 9.59 Å². The van der Waals surface area contributed by atoms with Crippen molar-refractivity contribution in [3.05, 3.63) is 89.0 Å². The summed E-state index contributed by atoms with van der Waals surface area (Å²) in [4.78, 5) is 28.1. The number of benzene rings is 3. The van der Waals surface area contributed by atoms with E-state index in [1.165, 1.54) is 12.0 Å². The molecular weight excluding hydrogens is 514 g/mol. The molecule has 0 bridgehead atoms. The first-order valence-corrected chi connectivity index (χ1v) is 13.0. The lowest BCUT2D eigenvalue weighted by Crippen LogP contribution is -2.31. The van der Waals surface area contributed by atoms with Gasteiger partial charge in [-0.05, 0) is 47.9 Å². The van der Waals surface area contributed by atoms with E-state index in [0.717, 1.165) is 5.56 Å². The van der Waals surface area contributed by atoms with Gasteiger partial charge in [-0.25, -0.2) is 0 Å². The van der Waals surface area contributed by atoms with Gasteiger partial charge >= 0.3 is 0 Å². The van der Waals surface area contributed by atoms with Crippen molar-refractivity contribution in [2.45, 2.75) is 19.1 Å². The summed E-state index contributed by atoms with van der Waals surface area (Å²) in [7, 11) is 3.10. The average molecular weight is 546 g/mol. The number of amides is 1. The van der Waals surface area contributed by atoms with Gasteiger partial charge in [0.05, 0.1) is 18.7 Å². The highest BCUT2D eigenvalue weighted by Gasteiger charge is 2.46. The molecule has 1 atom stereocenters. The van der Waals surface area contributed by atoms with E-state index >= 15 is 0 Å². The molecule has 2 heterocycles. The number of hydrogen-bond acceptors (Lipinski definition) is 8. The normalized spacial score (nSPS) is 17.6. The number of carbonyl (C=O) groups excluding carboxylic acids is 2.